The number of nitrogens with one attached hydrogen (secondary N) is 2. The van der Waals surface area contributed by atoms with Crippen LogP contribution in [0, 0.1) is 0 Å². The molecular formula is C26H20N2O3S. The van der Waals surface area contributed by atoms with E-state index in [0.717, 1.165) is 44.8 Å². The molecule has 1 aromatic heterocycles. The van der Waals surface area contributed by atoms with Gasteiger partial charge in [0, 0.05) is 22.5 Å². The molecule has 0 unspecified atom stereocenters. The zero-order valence-corrected chi connectivity index (χ0v) is 18.1. The molecule has 0 aliphatic carbocycles. The Morgan fingerprint density at radius 3 is 2.25 bits per heavy atom. The Kier molecular flexibility index (Phi) is 5.35. The molecule has 0 saturated carbocycles. The van der Waals surface area contributed by atoms with Crippen molar-refractivity contribution in [1.82, 2.24) is 0 Å². The maximum atomic E-state index is 5.98. The molecule has 0 aliphatic rings. The number of methoxy groups -OCH3 is 1. The minimum absolute atomic E-state index is 0.440. The molecule has 5 aromatic rings. The zero-order chi connectivity index (χ0) is 21.9. The summed E-state index contributed by atoms with van der Waals surface area (Å²) < 4.78 is 17.4. The first kappa shape index (κ1) is 19.9. The van der Waals surface area contributed by atoms with Crippen LogP contribution in [0.15, 0.2) is 95.4 Å². The molecule has 5 rings (SSSR count). The van der Waals surface area contributed by atoms with Crippen LogP contribution in [0.5, 0.6) is 17.2 Å². The van der Waals surface area contributed by atoms with Crippen LogP contribution in [0.4, 0.5) is 11.4 Å². The molecule has 6 heteroatoms. The van der Waals surface area contributed by atoms with Crippen LogP contribution in [0.2, 0.25) is 0 Å². The fourth-order valence-corrected chi connectivity index (χ4v) is 3.76. The molecule has 0 spiro atoms. The summed E-state index contributed by atoms with van der Waals surface area (Å²) in [5.74, 6) is 2.22. The lowest BCUT2D eigenvalue weighted by Crippen LogP contribution is -2.19. The summed E-state index contributed by atoms with van der Waals surface area (Å²) in [5.41, 5.74) is 3.16. The summed E-state index contributed by atoms with van der Waals surface area (Å²) in [5, 5.41) is 8.87. The molecule has 2 N–H and O–H groups in total. The molecular weight excluding hydrogens is 420 g/mol. The Labute approximate surface area is 190 Å². The van der Waals surface area contributed by atoms with Gasteiger partial charge in [-0.3, -0.25) is 0 Å². The van der Waals surface area contributed by atoms with Crippen molar-refractivity contribution in [2.24, 2.45) is 0 Å². The highest BCUT2D eigenvalue weighted by atomic mass is 32.1. The Morgan fingerprint density at radius 1 is 0.750 bits per heavy atom. The predicted molar refractivity (Wildman–Crippen MR) is 133 cm³/mol. The number of hydrogen-bond donors (Lipinski definition) is 2. The minimum atomic E-state index is 0.440. The summed E-state index contributed by atoms with van der Waals surface area (Å²) in [6.07, 6.45) is 0. The first-order chi connectivity index (χ1) is 15.7. The monoisotopic (exact) mass is 440 g/mol. The van der Waals surface area contributed by atoms with Crippen molar-refractivity contribution in [2.45, 2.75) is 0 Å². The number of ether oxygens (including phenoxy) is 2. The highest BCUT2D eigenvalue weighted by molar-refractivity contribution is 7.80. The number of para-hydroxylation sites is 2. The Morgan fingerprint density at radius 2 is 1.47 bits per heavy atom. The molecule has 5 nitrogen and oxygen atoms in total. The lowest BCUT2D eigenvalue weighted by atomic mass is 10.1. The highest BCUT2D eigenvalue weighted by Gasteiger charge is 2.13. The Bertz CT molecular complexity index is 1400. The van der Waals surface area contributed by atoms with Crippen molar-refractivity contribution in [3.8, 4) is 17.2 Å². The van der Waals surface area contributed by atoms with E-state index in [9.17, 15) is 0 Å². The lowest BCUT2D eigenvalue weighted by molar-refractivity contribution is 0.417. The van der Waals surface area contributed by atoms with E-state index in [1.54, 1.807) is 7.11 Å². The van der Waals surface area contributed by atoms with Gasteiger partial charge in [0.25, 0.3) is 0 Å². The highest BCUT2D eigenvalue weighted by Crippen LogP contribution is 2.36. The quantitative estimate of drug-likeness (QED) is 0.282. The van der Waals surface area contributed by atoms with Crippen molar-refractivity contribution >= 4 is 50.6 Å². The van der Waals surface area contributed by atoms with Crippen LogP contribution in [0.3, 0.4) is 0 Å². The first-order valence-corrected chi connectivity index (χ1v) is 10.5. The second kappa shape index (κ2) is 8.61. The summed E-state index contributed by atoms with van der Waals surface area (Å²) in [6.45, 7) is 0. The van der Waals surface area contributed by atoms with E-state index in [-0.39, 0.29) is 0 Å². The van der Waals surface area contributed by atoms with Crippen molar-refractivity contribution in [1.29, 1.82) is 0 Å². The topological polar surface area (TPSA) is 55.7 Å². The number of hydrogen-bond acceptors (Lipinski definition) is 4. The number of benzene rings is 4. The number of anilines is 2. The number of furan rings is 1. The maximum Gasteiger partial charge on any atom is 0.175 e. The summed E-state index contributed by atoms with van der Waals surface area (Å²) in [6, 6.07) is 29.0. The molecule has 0 bridgehead atoms. The number of thiocarbonyl (C=S) groups is 1. The largest absolute Gasteiger partial charge is 0.495 e. The van der Waals surface area contributed by atoms with E-state index in [0.29, 0.717) is 10.9 Å². The Balaban J connectivity index is 1.31. The van der Waals surface area contributed by atoms with Crippen molar-refractivity contribution in [2.75, 3.05) is 17.7 Å². The maximum absolute atomic E-state index is 5.98. The second-order valence-electron chi connectivity index (χ2n) is 7.17. The van der Waals surface area contributed by atoms with Gasteiger partial charge < -0.3 is 24.5 Å². The average Bonchev–Trinajstić information content (AvgIpc) is 3.18. The number of rotatable bonds is 5. The van der Waals surface area contributed by atoms with E-state index < -0.39 is 0 Å². The summed E-state index contributed by atoms with van der Waals surface area (Å²) in [7, 11) is 1.64. The summed E-state index contributed by atoms with van der Waals surface area (Å²) in [4.78, 5) is 0. The van der Waals surface area contributed by atoms with Crippen LogP contribution >= 0.6 is 12.2 Å². The fourth-order valence-electron chi connectivity index (χ4n) is 3.53. The van der Waals surface area contributed by atoms with Gasteiger partial charge in [-0.1, -0.05) is 36.4 Å². The van der Waals surface area contributed by atoms with Crippen LogP contribution in [0.1, 0.15) is 0 Å². The third kappa shape index (κ3) is 4.08. The molecule has 0 amide bonds. The van der Waals surface area contributed by atoms with E-state index in [1.807, 2.05) is 91.0 Å². The lowest BCUT2D eigenvalue weighted by Gasteiger charge is -2.14. The van der Waals surface area contributed by atoms with E-state index in [1.165, 1.54) is 0 Å². The predicted octanol–water partition coefficient (Wildman–Crippen LogP) is 7.20. The standard InChI is InChI=1S/C26H20N2O3S/c1-29-25-15-21-20-9-5-6-10-23(20)31-24(21)16-22(25)28-26(32)27-17-11-13-19(14-12-17)30-18-7-3-2-4-8-18/h2-16H,1H3,(H2,27,28,32). The molecule has 0 atom stereocenters. The van der Waals surface area contributed by atoms with E-state index in [2.05, 4.69) is 10.6 Å². The van der Waals surface area contributed by atoms with Gasteiger partial charge in [-0.05, 0) is 60.7 Å². The normalized spacial score (nSPS) is 10.8. The summed E-state index contributed by atoms with van der Waals surface area (Å²) >= 11 is 5.51. The van der Waals surface area contributed by atoms with Gasteiger partial charge in [-0.2, -0.15) is 0 Å². The fraction of sp³-hybridized carbons (Fsp3) is 0.0385. The van der Waals surface area contributed by atoms with Crippen LogP contribution in [-0.2, 0) is 0 Å². The number of fused-ring (bicyclic) bond motifs is 3. The molecule has 4 aromatic carbocycles. The molecule has 0 saturated heterocycles. The van der Waals surface area contributed by atoms with E-state index in [4.69, 9.17) is 26.1 Å². The van der Waals surface area contributed by atoms with Crippen molar-refractivity contribution in [3.63, 3.8) is 0 Å². The first-order valence-electron chi connectivity index (χ1n) is 10.1. The van der Waals surface area contributed by atoms with Gasteiger partial charge in [0.15, 0.2) is 5.11 Å². The molecule has 0 aliphatic heterocycles. The molecule has 0 radical (unpaired) electrons. The molecule has 1 heterocycles. The van der Waals surface area contributed by atoms with Gasteiger partial charge in [0.1, 0.15) is 28.4 Å². The van der Waals surface area contributed by atoms with Crippen molar-refractivity contribution < 1.29 is 13.9 Å². The van der Waals surface area contributed by atoms with Gasteiger partial charge in [-0.15, -0.1) is 0 Å². The zero-order valence-electron chi connectivity index (χ0n) is 17.3. The SMILES string of the molecule is COc1cc2c(cc1NC(=S)Nc1ccc(Oc3ccccc3)cc1)oc1ccccc12. The van der Waals surface area contributed by atoms with E-state index >= 15 is 0 Å². The molecule has 158 valence electrons. The van der Waals surface area contributed by atoms with Crippen LogP contribution in [-0.4, -0.2) is 12.2 Å². The average molecular weight is 441 g/mol. The minimum Gasteiger partial charge on any atom is -0.495 e. The third-order valence-electron chi connectivity index (χ3n) is 5.04. The van der Waals surface area contributed by atoms with Gasteiger partial charge >= 0.3 is 0 Å². The van der Waals surface area contributed by atoms with Gasteiger partial charge in [-0.25, -0.2) is 0 Å². The smallest absolute Gasteiger partial charge is 0.175 e. The van der Waals surface area contributed by atoms with Gasteiger partial charge in [0.05, 0.1) is 12.8 Å². The Hall–Kier alpha value is -4.03. The third-order valence-corrected chi connectivity index (χ3v) is 5.24. The van der Waals surface area contributed by atoms with Gasteiger partial charge in [0.2, 0.25) is 0 Å². The second-order valence-corrected chi connectivity index (χ2v) is 7.57. The molecule has 0 fully saturated rings. The van der Waals surface area contributed by atoms with Crippen molar-refractivity contribution in [3.05, 3.63) is 91.0 Å². The molecule has 32 heavy (non-hydrogen) atoms. The van der Waals surface area contributed by atoms with Crippen LogP contribution < -0.4 is 20.1 Å². The van der Waals surface area contributed by atoms with Crippen LogP contribution in [0.25, 0.3) is 21.9 Å².